The van der Waals surface area contributed by atoms with E-state index in [1.165, 1.54) is 11.6 Å². The van der Waals surface area contributed by atoms with Crippen molar-refractivity contribution in [2.45, 2.75) is 13.5 Å². The molecular weight excluding hydrogens is 275 g/mol. The van der Waals surface area contributed by atoms with E-state index in [0.717, 1.165) is 37.9 Å². The molecule has 0 saturated heterocycles. The molecule has 1 nitrogen and oxygen atoms in total. The van der Waals surface area contributed by atoms with Crippen molar-refractivity contribution in [3.63, 3.8) is 0 Å². The molecule has 2 heteroatoms. The highest BCUT2D eigenvalue weighted by molar-refractivity contribution is 6.16. The molecule has 0 spiro atoms. The van der Waals surface area contributed by atoms with Crippen LogP contribution in [0.15, 0.2) is 54.6 Å². The topological polar surface area (TPSA) is 20.2 Å². The lowest BCUT2D eigenvalue weighted by atomic mass is 9.89. The second-order valence-electron chi connectivity index (χ2n) is 5.66. The summed E-state index contributed by atoms with van der Waals surface area (Å²) < 4.78 is 13.5. The van der Waals surface area contributed by atoms with E-state index in [2.05, 4.69) is 13.0 Å². The molecule has 4 aromatic carbocycles. The van der Waals surface area contributed by atoms with Gasteiger partial charge in [-0.2, -0.15) is 0 Å². The van der Waals surface area contributed by atoms with E-state index in [1.807, 2.05) is 30.3 Å². The van der Waals surface area contributed by atoms with Gasteiger partial charge in [0, 0.05) is 0 Å². The second-order valence-corrected chi connectivity index (χ2v) is 5.66. The van der Waals surface area contributed by atoms with E-state index in [1.54, 1.807) is 12.1 Å². The summed E-state index contributed by atoms with van der Waals surface area (Å²) in [6.07, 6.45) is 0. The first-order valence-electron chi connectivity index (χ1n) is 7.33. The van der Waals surface area contributed by atoms with Crippen LogP contribution >= 0.6 is 0 Å². The summed E-state index contributed by atoms with van der Waals surface area (Å²) in [5.41, 5.74) is 2.10. The largest absolute Gasteiger partial charge is 0.392 e. The third kappa shape index (κ3) is 1.74. The van der Waals surface area contributed by atoms with E-state index in [-0.39, 0.29) is 12.4 Å². The van der Waals surface area contributed by atoms with Gasteiger partial charge in [-0.05, 0) is 62.5 Å². The number of fused-ring (bicyclic) bond motifs is 4. The fourth-order valence-electron chi connectivity index (χ4n) is 3.46. The smallest absolute Gasteiger partial charge is 0.123 e. The second kappa shape index (κ2) is 4.79. The summed E-state index contributed by atoms with van der Waals surface area (Å²) in [6, 6.07) is 16.9. The Bertz CT molecular complexity index is 1030. The molecule has 0 radical (unpaired) electrons. The zero-order valence-corrected chi connectivity index (χ0v) is 12.2. The lowest BCUT2D eigenvalue weighted by Gasteiger charge is -2.15. The molecule has 0 aliphatic heterocycles. The van der Waals surface area contributed by atoms with Gasteiger partial charge >= 0.3 is 0 Å². The number of rotatable bonds is 1. The molecule has 0 amide bonds. The molecule has 108 valence electrons. The van der Waals surface area contributed by atoms with Crippen molar-refractivity contribution in [1.82, 2.24) is 0 Å². The maximum atomic E-state index is 13.5. The summed E-state index contributed by atoms with van der Waals surface area (Å²) in [6.45, 7) is 2.06. The molecule has 0 bridgehead atoms. The SMILES string of the molecule is Cc1c2ccccc2c(CO)c2c1ccc1cc(F)ccc12. The minimum absolute atomic E-state index is 0.0339. The molecule has 22 heavy (non-hydrogen) atoms. The molecule has 0 aromatic heterocycles. The Balaban J connectivity index is 2.34. The van der Waals surface area contributed by atoms with Crippen molar-refractivity contribution in [3.8, 4) is 0 Å². The first-order valence-corrected chi connectivity index (χ1v) is 7.33. The summed E-state index contributed by atoms with van der Waals surface area (Å²) in [7, 11) is 0. The third-order valence-electron chi connectivity index (χ3n) is 4.50. The van der Waals surface area contributed by atoms with Crippen LogP contribution in [0.25, 0.3) is 32.3 Å². The minimum Gasteiger partial charge on any atom is -0.392 e. The predicted molar refractivity (Wildman–Crippen MR) is 89.6 cm³/mol. The summed E-state index contributed by atoms with van der Waals surface area (Å²) in [5.74, 6) is -0.241. The number of aliphatic hydroxyl groups is 1. The van der Waals surface area contributed by atoms with Gasteiger partial charge in [-0.15, -0.1) is 0 Å². The molecule has 0 heterocycles. The zero-order chi connectivity index (χ0) is 15.3. The number of hydrogen-bond donors (Lipinski definition) is 1. The van der Waals surface area contributed by atoms with Crippen LogP contribution in [0, 0.1) is 12.7 Å². The van der Waals surface area contributed by atoms with Crippen molar-refractivity contribution >= 4 is 32.3 Å². The fourth-order valence-corrected chi connectivity index (χ4v) is 3.46. The molecule has 0 atom stereocenters. The van der Waals surface area contributed by atoms with Crippen LogP contribution in [-0.2, 0) is 6.61 Å². The van der Waals surface area contributed by atoms with Crippen LogP contribution in [-0.4, -0.2) is 5.11 Å². The van der Waals surface area contributed by atoms with Crippen molar-refractivity contribution in [1.29, 1.82) is 0 Å². The lowest BCUT2D eigenvalue weighted by molar-refractivity contribution is 0.285. The number of aliphatic hydroxyl groups excluding tert-OH is 1. The normalized spacial score (nSPS) is 11.6. The van der Waals surface area contributed by atoms with Gasteiger partial charge in [0.15, 0.2) is 0 Å². The van der Waals surface area contributed by atoms with Crippen molar-refractivity contribution in [3.05, 3.63) is 71.5 Å². The minimum atomic E-state index is -0.241. The third-order valence-corrected chi connectivity index (χ3v) is 4.50. The number of aryl methyl sites for hydroxylation is 1. The standard InChI is InChI=1S/C20H15FO/c1-12-15-4-2-3-5-18(15)19(11-22)20-16(12)8-6-13-10-14(21)7-9-17(13)20/h2-10,22H,11H2,1H3. The highest BCUT2D eigenvalue weighted by Crippen LogP contribution is 2.36. The van der Waals surface area contributed by atoms with Crippen LogP contribution in [0.4, 0.5) is 4.39 Å². The monoisotopic (exact) mass is 290 g/mol. The Morgan fingerprint density at radius 1 is 0.864 bits per heavy atom. The quantitative estimate of drug-likeness (QED) is 0.382. The van der Waals surface area contributed by atoms with Gasteiger partial charge < -0.3 is 5.11 Å². The number of benzene rings is 4. The van der Waals surface area contributed by atoms with Gasteiger partial charge in [0.2, 0.25) is 0 Å². The fraction of sp³-hybridized carbons (Fsp3) is 0.100. The lowest BCUT2D eigenvalue weighted by Crippen LogP contribution is -1.94. The highest BCUT2D eigenvalue weighted by Gasteiger charge is 2.13. The first-order chi connectivity index (χ1) is 10.7. The van der Waals surface area contributed by atoms with Crippen molar-refractivity contribution < 1.29 is 9.50 Å². The maximum Gasteiger partial charge on any atom is 0.123 e. The zero-order valence-electron chi connectivity index (χ0n) is 12.2. The van der Waals surface area contributed by atoms with E-state index < -0.39 is 0 Å². The van der Waals surface area contributed by atoms with Crippen LogP contribution in [0.1, 0.15) is 11.1 Å². The van der Waals surface area contributed by atoms with Crippen LogP contribution < -0.4 is 0 Å². The van der Waals surface area contributed by atoms with Crippen molar-refractivity contribution in [2.75, 3.05) is 0 Å². The van der Waals surface area contributed by atoms with Gasteiger partial charge in [0.05, 0.1) is 6.61 Å². The van der Waals surface area contributed by atoms with Gasteiger partial charge in [-0.3, -0.25) is 0 Å². The van der Waals surface area contributed by atoms with Crippen LogP contribution in [0.5, 0.6) is 0 Å². The Morgan fingerprint density at radius 2 is 1.59 bits per heavy atom. The number of halogens is 1. The Hall–Kier alpha value is -2.45. The Labute approximate surface area is 127 Å². The highest BCUT2D eigenvalue weighted by atomic mass is 19.1. The molecule has 0 aliphatic carbocycles. The van der Waals surface area contributed by atoms with Gasteiger partial charge in [-0.1, -0.05) is 42.5 Å². The van der Waals surface area contributed by atoms with E-state index in [9.17, 15) is 9.50 Å². The molecule has 0 saturated carbocycles. The molecule has 0 aliphatic rings. The van der Waals surface area contributed by atoms with Crippen LogP contribution in [0.3, 0.4) is 0 Å². The van der Waals surface area contributed by atoms with Gasteiger partial charge in [-0.25, -0.2) is 4.39 Å². The summed E-state index contributed by atoms with van der Waals surface area (Å²) in [5, 5.41) is 16.2. The number of hydrogen-bond acceptors (Lipinski definition) is 1. The Kier molecular flexibility index (Phi) is 2.88. The molecule has 4 rings (SSSR count). The maximum absolute atomic E-state index is 13.5. The predicted octanol–water partition coefficient (Wildman–Crippen LogP) is 5.09. The van der Waals surface area contributed by atoms with Gasteiger partial charge in [0.25, 0.3) is 0 Å². The molecule has 1 N–H and O–H groups in total. The van der Waals surface area contributed by atoms with Crippen LogP contribution in [0.2, 0.25) is 0 Å². The Morgan fingerprint density at radius 3 is 2.36 bits per heavy atom. The average molecular weight is 290 g/mol. The molecule has 0 unspecified atom stereocenters. The molecular formula is C20H15FO. The van der Waals surface area contributed by atoms with E-state index in [0.29, 0.717) is 0 Å². The van der Waals surface area contributed by atoms with Crippen molar-refractivity contribution in [2.24, 2.45) is 0 Å². The summed E-state index contributed by atoms with van der Waals surface area (Å²) >= 11 is 0. The van der Waals surface area contributed by atoms with Gasteiger partial charge in [0.1, 0.15) is 5.82 Å². The first kappa shape index (κ1) is 13.2. The summed E-state index contributed by atoms with van der Waals surface area (Å²) in [4.78, 5) is 0. The van der Waals surface area contributed by atoms with E-state index in [4.69, 9.17) is 0 Å². The van der Waals surface area contributed by atoms with E-state index >= 15 is 0 Å². The molecule has 0 fully saturated rings. The average Bonchev–Trinajstić information content (AvgIpc) is 2.55. The molecule has 4 aromatic rings.